The highest BCUT2D eigenvalue weighted by Crippen LogP contribution is 2.36. The summed E-state index contributed by atoms with van der Waals surface area (Å²) >= 11 is 0. The molecule has 20 heavy (non-hydrogen) atoms. The van der Waals surface area contributed by atoms with Crippen LogP contribution < -0.4 is 14.8 Å². The minimum absolute atomic E-state index is 0.0599. The topological polar surface area (TPSA) is 99.9 Å². The van der Waals surface area contributed by atoms with Crippen molar-refractivity contribution in [3.8, 4) is 11.5 Å². The Morgan fingerprint density at radius 3 is 2.65 bits per heavy atom. The second-order valence-corrected chi connectivity index (χ2v) is 4.02. The lowest BCUT2D eigenvalue weighted by molar-refractivity contribution is -0.385. The number of nitrogens with zero attached hydrogens (tertiary/aromatic N) is 1. The van der Waals surface area contributed by atoms with Gasteiger partial charge in [0.2, 0.25) is 0 Å². The van der Waals surface area contributed by atoms with Crippen LogP contribution in [0.25, 0.3) is 0 Å². The molecule has 0 aromatic heterocycles. The van der Waals surface area contributed by atoms with E-state index in [0.29, 0.717) is 25.6 Å². The SMILES string of the molecule is COCCNC(=O)c1cc2c(cc1[N+](=O)[O-])OCCO2. The molecule has 0 saturated heterocycles. The Morgan fingerprint density at radius 1 is 1.40 bits per heavy atom. The molecule has 1 amide bonds. The van der Waals surface area contributed by atoms with Crippen molar-refractivity contribution in [3.05, 3.63) is 27.8 Å². The predicted octanol–water partition coefficient (Wildman–Crippen LogP) is 0.742. The summed E-state index contributed by atoms with van der Waals surface area (Å²) < 4.78 is 15.4. The maximum Gasteiger partial charge on any atom is 0.286 e. The van der Waals surface area contributed by atoms with Gasteiger partial charge in [0.05, 0.1) is 17.6 Å². The first-order chi connectivity index (χ1) is 9.63. The summed E-state index contributed by atoms with van der Waals surface area (Å²) in [4.78, 5) is 22.4. The fraction of sp³-hybridized carbons (Fsp3) is 0.417. The van der Waals surface area contributed by atoms with Gasteiger partial charge in [-0.2, -0.15) is 0 Å². The number of nitro benzene ring substituents is 1. The second kappa shape index (κ2) is 6.20. The Kier molecular flexibility index (Phi) is 4.36. The molecule has 0 saturated carbocycles. The van der Waals surface area contributed by atoms with Crippen LogP contribution in [0, 0.1) is 10.1 Å². The fourth-order valence-corrected chi connectivity index (χ4v) is 1.77. The molecule has 0 unspecified atom stereocenters. The molecule has 0 spiro atoms. The van der Waals surface area contributed by atoms with E-state index >= 15 is 0 Å². The standard InChI is InChI=1S/C12H14N2O6/c1-18-3-2-13-12(15)8-6-10-11(20-5-4-19-10)7-9(8)14(16)17/h6-7H,2-5H2,1H3,(H,13,15). The highest BCUT2D eigenvalue weighted by atomic mass is 16.6. The third-order valence-electron chi connectivity index (χ3n) is 2.69. The molecule has 0 fully saturated rings. The van der Waals surface area contributed by atoms with Crippen molar-refractivity contribution in [1.29, 1.82) is 0 Å². The summed E-state index contributed by atoms with van der Waals surface area (Å²) in [6, 6.07) is 2.54. The van der Waals surface area contributed by atoms with Gasteiger partial charge in [0, 0.05) is 19.7 Å². The van der Waals surface area contributed by atoms with Gasteiger partial charge < -0.3 is 19.5 Å². The van der Waals surface area contributed by atoms with Crippen LogP contribution in [0.15, 0.2) is 12.1 Å². The van der Waals surface area contributed by atoms with E-state index in [1.54, 1.807) is 0 Å². The number of benzene rings is 1. The number of methoxy groups -OCH3 is 1. The van der Waals surface area contributed by atoms with Gasteiger partial charge in [-0.15, -0.1) is 0 Å². The molecule has 1 aliphatic heterocycles. The molecule has 0 aliphatic carbocycles. The van der Waals surface area contributed by atoms with Gasteiger partial charge >= 0.3 is 0 Å². The molecule has 0 radical (unpaired) electrons. The van der Waals surface area contributed by atoms with Crippen molar-refractivity contribution in [2.24, 2.45) is 0 Å². The smallest absolute Gasteiger partial charge is 0.286 e. The highest BCUT2D eigenvalue weighted by Gasteiger charge is 2.26. The Labute approximate surface area is 114 Å². The lowest BCUT2D eigenvalue weighted by Crippen LogP contribution is -2.28. The van der Waals surface area contributed by atoms with E-state index in [0.717, 1.165) is 0 Å². The molecule has 1 N–H and O–H groups in total. The van der Waals surface area contributed by atoms with Crippen molar-refractivity contribution >= 4 is 11.6 Å². The minimum Gasteiger partial charge on any atom is -0.486 e. The molecule has 1 heterocycles. The first kappa shape index (κ1) is 14.1. The summed E-state index contributed by atoms with van der Waals surface area (Å²) in [7, 11) is 1.50. The van der Waals surface area contributed by atoms with Crippen LogP contribution in [-0.2, 0) is 4.74 Å². The summed E-state index contributed by atoms with van der Waals surface area (Å²) in [6.45, 7) is 1.25. The predicted molar refractivity (Wildman–Crippen MR) is 68.3 cm³/mol. The Balaban J connectivity index is 2.29. The maximum absolute atomic E-state index is 12.0. The number of hydrogen-bond acceptors (Lipinski definition) is 6. The molecule has 8 nitrogen and oxygen atoms in total. The Hall–Kier alpha value is -2.35. The minimum atomic E-state index is -0.622. The van der Waals surface area contributed by atoms with Gasteiger partial charge in [-0.05, 0) is 0 Å². The molecule has 1 aliphatic rings. The van der Waals surface area contributed by atoms with Crippen LogP contribution in [0.1, 0.15) is 10.4 Å². The molecule has 8 heteroatoms. The molecule has 2 rings (SSSR count). The molecule has 0 atom stereocenters. The van der Waals surface area contributed by atoms with Gasteiger partial charge in [0.1, 0.15) is 18.8 Å². The zero-order valence-electron chi connectivity index (χ0n) is 10.9. The van der Waals surface area contributed by atoms with Gasteiger partial charge in [-0.3, -0.25) is 14.9 Å². The van der Waals surface area contributed by atoms with Gasteiger partial charge in [0.25, 0.3) is 11.6 Å². The number of nitrogens with one attached hydrogen (secondary N) is 1. The quantitative estimate of drug-likeness (QED) is 0.486. The highest BCUT2D eigenvalue weighted by molar-refractivity contribution is 5.99. The van der Waals surface area contributed by atoms with Crippen molar-refractivity contribution in [1.82, 2.24) is 5.32 Å². The van der Waals surface area contributed by atoms with E-state index in [2.05, 4.69) is 5.32 Å². The number of carbonyl (C=O) groups excluding carboxylic acids is 1. The van der Waals surface area contributed by atoms with E-state index in [1.165, 1.54) is 19.2 Å². The second-order valence-electron chi connectivity index (χ2n) is 4.02. The first-order valence-electron chi connectivity index (χ1n) is 5.98. The van der Waals surface area contributed by atoms with E-state index in [-0.39, 0.29) is 23.5 Å². The Bertz CT molecular complexity index is 531. The van der Waals surface area contributed by atoms with Gasteiger partial charge in [-0.25, -0.2) is 0 Å². The van der Waals surface area contributed by atoms with Crippen molar-refractivity contribution in [2.45, 2.75) is 0 Å². The van der Waals surface area contributed by atoms with Crippen LogP contribution in [0.5, 0.6) is 11.5 Å². The number of carbonyl (C=O) groups is 1. The van der Waals surface area contributed by atoms with Crippen molar-refractivity contribution in [2.75, 3.05) is 33.5 Å². The lowest BCUT2D eigenvalue weighted by atomic mass is 10.1. The van der Waals surface area contributed by atoms with Crippen molar-refractivity contribution in [3.63, 3.8) is 0 Å². The maximum atomic E-state index is 12.0. The van der Waals surface area contributed by atoms with Crippen LogP contribution in [0.3, 0.4) is 0 Å². The monoisotopic (exact) mass is 282 g/mol. The molecule has 0 bridgehead atoms. The van der Waals surface area contributed by atoms with Gasteiger partial charge in [0.15, 0.2) is 11.5 Å². The van der Waals surface area contributed by atoms with E-state index in [9.17, 15) is 14.9 Å². The number of nitro groups is 1. The first-order valence-corrected chi connectivity index (χ1v) is 5.98. The van der Waals surface area contributed by atoms with Gasteiger partial charge in [-0.1, -0.05) is 0 Å². The van der Waals surface area contributed by atoms with Crippen LogP contribution in [-0.4, -0.2) is 44.3 Å². The number of amides is 1. The van der Waals surface area contributed by atoms with Crippen LogP contribution in [0.4, 0.5) is 5.69 Å². The van der Waals surface area contributed by atoms with Crippen molar-refractivity contribution < 1.29 is 23.9 Å². The Morgan fingerprint density at radius 2 is 2.05 bits per heavy atom. The van der Waals surface area contributed by atoms with Crippen LogP contribution >= 0.6 is 0 Å². The number of ether oxygens (including phenoxy) is 3. The normalized spacial score (nSPS) is 12.8. The number of hydrogen-bond donors (Lipinski definition) is 1. The number of fused-ring (bicyclic) bond motifs is 1. The molecule has 1 aromatic rings. The average Bonchev–Trinajstić information content (AvgIpc) is 2.46. The van der Waals surface area contributed by atoms with E-state index in [4.69, 9.17) is 14.2 Å². The third-order valence-corrected chi connectivity index (χ3v) is 2.69. The zero-order chi connectivity index (χ0) is 14.5. The summed E-state index contributed by atoms with van der Waals surface area (Å²) in [5, 5.41) is 13.6. The fourth-order valence-electron chi connectivity index (χ4n) is 1.77. The number of rotatable bonds is 5. The van der Waals surface area contributed by atoms with E-state index < -0.39 is 10.8 Å². The molecular formula is C12H14N2O6. The average molecular weight is 282 g/mol. The third kappa shape index (κ3) is 2.97. The molecular weight excluding hydrogens is 268 g/mol. The lowest BCUT2D eigenvalue weighted by Gasteiger charge is -2.18. The summed E-state index contributed by atoms with van der Waals surface area (Å²) in [5.41, 5.74) is -0.375. The van der Waals surface area contributed by atoms with Crippen LogP contribution in [0.2, 0.25) is 0 Å². The molecule has 108 valence electrons. The largest absolute Gasteiger partial charge is 0.486 e. The molecule has 1 aromatic carbocycles. The summed E-state index contributed by atoms with van der Waals surface area (Å²) in [5.74, 6) is 0.0563. The summed E-state index contributed by atoms with van der Waals surface area (Å²) in [6.07, 6.45) is 0. The van der Waals surface area contributed by atoms with E-state index in [1.807, 2.05) is 0 Å². The zero-order valence-corrected chi connectivity index (χ0v) is 10.9.